The van der Waals surface area contributed by atoms with Crippen molar-refractivity contribution in [1.82, 2.24) is 10.2 Å². The van der Waals surface area contributed by atoms with Gasteiger partial charge < -0.3 is 15.0 Å². The van der Waals surface area contributed by atoms with Crippen LogP contribution in [-0.4, -0.2) is 42.8 Å². The number of fused-ring (bicyclic) bond motifs is 1. The molecule has 0 spiro atoms. The second-order valence-electron chi connectivity index (χ2n) is 3.40. The molecular weight excluding hydrogens is 156 g/mol. The van der Waals surface area contributed by atoms with E-state index in [1.165, 1.54) is 0 Å². The number of hydrogen-bond acceptors (Lipinski definition) is 3. The number of nitrogens with zero attached hydrogens (tertiary/aromatic N) is 1. The summed E-state index contributed by atoms with van der Waals surface area (Å²) in [5.74, 6) is 0.165. The molecule has 1 N–H and O–H groups in total. The highest BCUT2D eigenvalue weighted by molar-refractivity contribution is 5.79. The fraction of sp³-hybridized carbons (Fsp3) is 0.875. The predicted octanol–water partition coefficient (Wildman–Crippen LogP) is -0.447. The van der Waals surface area contributed by atoms with Crippen molar-refractivity contribution in [3.05, 3.63) is 0 Å². The molecule has 2 aliphatic heterocycles. The van der Waals surface area contributed by atoms with Gasteiger partial charge in [0.05, 0.1) is 13.2 Å². The first-order valence-electron chi connectivity index (χ1n) is 4.42. The van der Waals surface area contributed by atoms with Gasteiger partial charge in [-0.15, -0.1) is 0 Å². The van der Waals surface area contributed by atoms with Gasteiger partial charge in [0.15, 0.2) is 0 Å². The highest BCUT2D eigenvalue weighted by Crippen LogP contribution is 2.18. The fourth-order valence-corrected chi connectivity index (χ4v) is 1.84. The maximum Gasteiger partial charge on any atom is 0.238 e. The number of nitrogens with one attached hydrogen (secondary N) is 1. The molecule has 1 amide bonds. The Balaban J connectivity index is 2.12. The lowest BCUT2D eigenvalue weighted by Crippen LogP contribution is -2.61. The predicted molar refractivity (Wildman–Crippen MR) is 43.5 cm³/mol. The number of carbonyl (C=O) groups is 1. The molecule has 0 saturated carbocycles. The minimum atomic E-state index is -0.0185. The van der Waals surface area contributed by atoms with Crippen LogP contribution in [0.3, 0.4) is 0 Å². The molecular formula is C8H14N2O2. The van der Waals surface area contributed by atoms with Crippen molar-refractivity contribution in [3.8, 4) is 0 Å². The number of rotatable bonds is 0. The number of carbonyl (C=O) groups excluding carboxylic acids is 1. The highest BCUT2D eigenvalue weighted by atomic mass is 16.5. The second-order valence-corrected chi connectivity index (χ2v) is 3.40. The van der Waals surface area contributed by atoms with Gasteiger partial charge in [-0.2, -0.15) is 0 Å². The summed E-state index contributed by atoms with van der Waals surface area (Å²) in [5.41, 5.74) is 0. The Bertz CT molecular complexity index is 193. The number of ether oxygens (including phenoxy) is 1. The molecule has 2 aliphatic rings. The monoisotopic (exact) mass is 170 g/mol. The number of piperazine rings is 1. The molecule has 0 aromatic heterocycles. The van der Waals surface area contributed by atoms with Crippen molar-refractivity contribution in [2.75, 3.05) is 19.7 Å². The summed E-state index contributed by atoms with van der Waals surface area (Å²) in [7, 11) is 0. The normalized spacial score (nSPS) is 36.4. The Morgan fingerprint density at radius 3 is 3.25 bits per heavy atom. The van der Waals surface area contributed by atoms with Gasteiger partial charge in [-0.25, -0.2) is 0 Å². The molecule has 2 atom stereocenters. The molecule has 2 fully saturated rings. The van der Waals surface area contributed by atoms with E-state index < -0.39 is 0 Å². The van der Waals surface area contributed by atoms with Crippen LogP contribution in [0.1, 0.15) is 13.3 Å². The van der Waals surface area contributed by atoms with Gasteiger partial charge in [-0.1, -0.05) is 0 Å². The van der Waals surface area contributed by atoms with Crippen molar-refractivity contribution >= 4 is 5.91 Å². The Hall–Kier alpha value is -0.610. The van der Waals surface area contributed by atoms with Crippen LogP contribution in [0.25, 0.3) is 0 Å². The first-order chi connectivity index (χ1) is 5.79. The number of amides is 1. The molecule has 0 aromatic rings. The Morgan fingerprint density at radius 2 is 2.50 bits per heavy atom. The zero-order valence-electron chi connectivity index (χ0n) is 7.25. The summed E-state index contributed by atoms with van der Waals surface area (Å²) in [6.07, 6.45) is 0.942. The van der Waals surface area contributed by atoms with Crippen LogP contribution in [-0.2, 0) is 9.53 Å². The first-order valence-corrected chi connectivity index (χ1v) is 4.42. The maximum absolute atomic E-state index is 11.4. The summed E-state index contributed by atoms with van der Waals surface area (Å²) in [6.45, 7) is 4.09. The second kappa shape index (κ2) is 3.03. The van der Waals surface area contributed by atoms with Gasteiger partial charge in [0.2, 0.25) is 5.91 Å². The molecule has 2 rings (SSSR count). The molecule has 4 heteroatoms. The summed E-state index contributed by atoms with van der Waals surface area (Å²) >= 11 is 0. The largest absolute Gasteiger partial charge is 0.357 e. The van der Waals surface area contributed by atoms with Gasteiger partial charge in [-0.05, 0) is 13.3 Å². The smallest absolute Gasteiger partial charge is 0.238 e. The molecule has 0 aliphatic carbocycles. The van der Waals surface area contributed by atoms with Crippen molar-refractivity contribution in [1.29, 1.82) is 0 Å². The Labute approximate surface area is 71.9 Å². The van der Waals surface area contributed by atoms with Gasteiger partial charge in [0.1, 0.15) is 6.23 Å². The van der Waals surface area contributed by atoms with E-state index in [9.17, 15) is 4.79 Å². The van der Waals surface area contributed by atoms with Crippen LogP contribution in [0, 0.1) is 0 Å². The molecule has 0 bridgehead atoms. The topological polar surface area (TPSA) is 41.6 Å². The highest BCUT2D eigenvalue weighted by Gasteiger charge is 2.34. The third-order valence-corrected chi connectivity index (χ3v) is 2.51. The average Bonchev–Trinajstić information content (AvgIpc) is 2.04. The molecule has 68 valence electrons. The van der Waals surface area contributed by atoms with E-state index in [1.54, 1.807) is 0 Å². The summed E-state index contributed by atoms with van der Waals surface area (Å²) in [6, 6.07) is 0.346. The van der Waals surface area contributed by atoms with Crippen LogP contribution >= 0.6 is 0 Å². The lowest BCUT2D eigenvalue weighted by atomic mass is 10.1. The Morgan fingerprint density at radius 1 is 1.67 bits per heavy atom. The van der Waals surface area contributed by atoms with Crippen molar-refractivity contribution in [3.63, 3.8) is 0 Å². The summed E-state index contributed by atoms with van der Waals surface area (Å²) < 4.78 is 5.47. The van der Waals surface area contributed by atoms with Crippen molar-refractivity contribution in [2.24, 2.45) is 0 Å². The van der Waals surface area contributed by atoms with Crippen LogP contribution in [0.5, 0.6) is 0 Å². The van der Waals surface area contributed by atoms with E-state index in [-0.39, 0.29) is 12.1 Å². The Kier molecular flexibility index (Phi) is 2.02. The molecule has 0 aromatic carbocycles. The van der Waals surface area contributed by atoms with Gasteiger partial charge in [0.25, 0.3) is 0 Å². The van der Waals surface area contributed by atoms with Crippen LogP contribution in [0.4, 0.5) is 0 Å². The van der Waals surface area contributed by atoms with Crippen LogP contribution in [0.2, 0.25) is 0 Å². The fourth-order valence-electron chi connectivity index (χ4n) is 1.84. The lowest BCUT2D eigenvalue weighted by Gasteiger charge is -2.43. The molecule has 0 radical (unpaired) electrons. The van der Waals surface area contributed by atoms with Gasteiger partial charge in [0, 0.05) is 12.6 Å². The summed E-state index contributed by atoms with van der Waals surface area (Å²) in [4.78, 5) is 13.3. The maximum atomic E-state index is 11.4. The van der Waals surface area contributed by atoms with Crippen LogP contribution in [0.15, 0.2) is 0 Å². The van der Waals surface area contributed by atoms with Gasteiger partial charge >= 0.3 is 0 Å². The molecule has 4 nitrogen and oxygen atoms in total. The first kappa shape index (κ1) is 8.01. The van der Waals surface area contributed by atoms with E-state index in [0.717, 1.165) is 19.6 Å². The number of hydrogen-bond donors (Lipinski definition) is 1. The summed E-state index contributed by atoms with van der Waals surface area (Å²) in [5, 5.41) is 3.04. The zero-order valence-corrected chi connectivity index (χ0v) is 7.25. The van der Waals surface area contributed by atoms with Gasteiger partial charge in [-0.3, -0.25) is 4.79 Å². The third-order valence-electron chi connectivity index (χ3n) is 2.51. The quantitative estimate of drug-likeness (QED) is 0.535. The average molecular weight is 170 g/mol. The minimum absolute atomic E-state index is 0.0185. The van der Waals surface area contributed by atoms with Crippen molar-refractivity contribution in [2.45, 2.75) is 25.6 Å². The van der Waals surface area contributed by atoms with Crippen molar-refractivity contribution < 1.29 is 9.53 Å². The third kappa shape index (κ3) is 1.21. The van der Waals surface area contributed by atoms with E-state index in [0.29, 0.717) is 12.6 Å². The van der Waals surface area contributed by atoms with Crippen LogP contribution < -0.4 is 5.32 Å². The standard InChI is InChI=1S/C8H14N2O2/c1-6-2-3-12-8-5-9-4-7(11)10(6)8/h6,8-9H,2-5H2,1H3/t6-,8+/m1/s1. The lowest BCUT2D eigenvalue weighted by molar-refractivity contribution is -0.167. The molecule has 0 unspecified atom stereocenters. The van der Waals surface area contributed by atoms with E-state index in [1.807, 2.05) is 4.90 Å². The molecule has 2 heterocycles. The van der Waals surface area contributed by atoms with E-state index >= 15 is 0 Å². The van der Waals surface area contributed by atoms with E-state index in [2.05, 4.69) is 12.2 Å². The molecule has 12 heavy (non-hydrogen) atoms. The zero-order chi connectivity index (χ0) is 8.55. The van der Waals surface area contributed by atoms with E-state index in [4.69, 9.17) is 4.74 Å². The SMILES string of the molecule is C[C@@H]1CCO[C@H]2CNCC(=O)N12. The molecule has 2 saturated heterocycles. The minimum Gasteiger partial charge on any atom is -0.357 e.